The number of hydrogen-bond donors (Lipinski definition) is 0. The van der Waals surface area contributed by atoms with Gasteiger partial charge in [0.1, 0.15) is 5.82 Å². The number of halogens is 1. The number of rotatable bonds is 8. The van der Waals surface area contributed by atoms with Crippen LogP contribution in [0.15, 0.2) is 59.8 Å². The van der Waals surface area contributed by atoms with Gasteiger partial charge in [-0.25, -0.2) is 12.8 Å². The zero-order valence-corrected chi connectivity index (χ0v) is 17.5. The summed E-state index contributed by atoms with van der Waals surface area (Å²) in [6, 6.07) is 14.1. The second kappa shape index (κ2) is 8.75. The van der Waals surface area contributed by atoms with Crippen LogP contribution in [0.5, 0.6) is 0 Å². The molecule has 0 atom stereocenters. The van der Waals surface area contributed by atoms with Gasteiger partial charge < -0.3 is 4.57 Å². The molecule has 0 amide bonds. The van der Waals surface area contributed by atoms with E-state index in [1.165, 1.54) is 36.0 Å². The third kappa shape index (κ3) is 5.21. The number of sulfonamides is 1. The van der Waals surface area contributed by atoms with Gasteiger partial charge in [-0.15, -0.1) is 10.2 Å². The molecule has 0 saturated carbocycles. The van der Waals surface area contributed by atoms with Gasteiger partial charge in [0, 0.05) is 12.6 Å². The number of hydrogen-bond acceptors (Lipinski definition) is 6. The predicted molar refractivity (Wildman–Crippen MR) is 110 cm³/mol. The maximum Gasteiger partial charge on any atom is 0.232 e. The number of aromatic nitrogens is 3. The number of Topliss-reactive ketones (excluding diaryl/α,β-unsaturated/α-hetero) is 1. The van der Waals surface area contributed by atoms with E-state index in [4.69, 9.17) is 0 Å². The molecule has 0 aliphatic carbocycles. The molecule has 7 nitrogen and oxygen atoms in total. The summed E-state index contributed by atoms with van der Waals surface area (Å²) in [6.07, 6.45) is 1.07. The van der Waals surface area contributed by atoms with E-state index >= 15 is 0 Å². The van der Waals surface area contributed by atoms with Crippen LogP contribution in [0.4, 0.5) is 10.1 Å². The van der Waals surface area contributed by atoms with Gasteiger partial charge in [-0.05, 0) is 24.3 Å². The fourth-order valence-corrected chi connectivity index (χ4v) is 4.26. The zero-order valence-electron chi connectivity index (χ0n) is 15.8. The first-order chi connectivity index (χ1) is 13.8. The topological polar surface area (TPSA) is 85.2 Å². The summed E-state index contributed by atoms with van der Waals surface area (Å²) in [7, 11) is -1.93. The first-order valence-corrected chi connectivity index (χ1v) is 11.4. The first kappa shape index (κ1) is 21.0. The summed E-state index contributed by atoms with van der Waals surface area (Å²) in [5.41, 5.74) is 0.937. The standard InChI is InChI=1S/C19H19FN4O3S2/c1-23-18(12-24(29(2,26)27)16-10-8-15(20)9-11-16)21-22-19(23)28-13-17(25)14-6-4-3-5-7-14/h3-11H,12-13H2,1-2H3. The molecule has 29 heavy (non-hydrogen) atoms. The van der Waals surface area contributed by atoms with E-state index in [9.17, 15) is 17.6 Å². The highest BCUT2D eigenvalue weighted by molar-refractivity contribution is 7.99. The normalized spacial score (nSPS) is 11.4. The molecule has 152 valence electrons. The maximum atomic E-state index is 13.2. The lowest BCUT2D eigenvalue weighted by atomic mass is 10.2. The molecule has 0 radical (unpaired) electrons. The minimum atomic E-state index is -3.63. The van der Waals surface area contributed by atoms with Crippen molar-refractivity contribution in [2.24, 2.45) is 7.05 Å². The molecule has 0 saturated heterocycles. The van der Waals surface area contributed by atoms with Gasteiger partial charge in [-0.3, -0.25) is 9.10 Å². The number of nitrogens with zero attached hydrogens (tertiary/aromatic N) is 4. The third-order valence-electron chi connectivity index (χ3n) is 4.15. The molecule has 10 heteroatoms. The molecule has 1 aromatic heterocycles. The zero-order chi connectivity index (χ0) is 21.0. The average molecular weight is 435 g/mol. The molecule has 0 aliphatic heterocycles. The summed E-state index contributed by atoms with van der Waals surface area (Å²) in [5.74, 6) is 0.0882. The number of benzene rings is 2. The van der Waals surface area contributed by atoms with Crippen molar-refractivity contribution in [2.75, 3.05) is 16.3 Å². The van der Waals surface area contributed by atoms with E-state index in [-0.39, 0.29) is 18.1 Å². The Hall–Kier alpha value is -2.72. The SMILES string of the molecule is Cn1c(CN(c2ccc(F)cc2)S(C)(=O)=O)nnc1SCC(=O)c1ccccc1. The summed E-state index contributed by atoms with van der Waals surface area (Å²) in [6.45, 7) is -0.0683. The van der Waals surface area contributed by atoms with Crippen LogP contribution >= 0.6 is 11.8 Å². The molecule has 0 unspecified atom stereocenters. The van der Waals surface area contributed by atoms with Crippen LogP contribution in [0.25, 0.3) is 0 Å². The average Bonchev–Trinajstić information content (AvgIpc) is 3.04. The lowest BCUT2D eigenvalue weighted by Crippen LogP contribution is -2.30. The Bertz CT molecular complexity index is 1100. The Kier molecular flexibility index (Phi) is 6.33. The van der Waals surface area contributed by atoms with Crippen molar-refractivity contribution in [2.45, 2.75) is 11.7 Å². The fraction of sp³-hybridized carbons (Fsp3) is 0.211. The smallest absolute Gasteiger partial charge is 0.232 e. The number of anilines is 1. The van der Waals surface area contributed by atoms with Crippen LogP contribution in [0, 0.1) is 5.82 Å². The van der Waals surface area contributed by atoms with Gasteiger partial charge in [-0.2, -0.15) is 0 Å². The number of carbonyl (C=O) groups is 1. The minimum Gasteiger partial charge on any atom is -0.308 e. The highest BCUT2D eigenvalue weighted by atomic mass is 32.2. The van der Waals surface area contributed by atoms with E-state index in [2.05, 4.69) is 10.2 Å². The van der Waals surface area contributed by atoms with Crippen molar-refractivity contribution in [3.8, 4) is 0 Å². The fourth-order valence-electron chi connectivity index (χ4n) is 2.58. The van der Waals surface area contributed by atoms with Gasteiger partial charge in [0.25, 0.3) is 0 Å². The lowest BCUT2D eigenvalue weighted by Gasteiger charge is -2.21. The van der Waals surface area contributed by atoms with Gasteiger partial charge >= 0.3 is 0 Å². The monoisotopic (exact) mass is 434 g/mol. The molecule has 2 aromatic carbocycles. The minimum absolute atomic E-state index is 0.0378. The van der Waals surface area contributed by atoms with E-state index in [0.717, 1.165) is 10.6 Å². The predicted octanol–water partition coefficient (Wildman–Crippen LogP) is 2.90. The van der Waals surface area contributed by atoms with Crippen LogP contribution in [0.1, 0.15) is 16.2 Å². The number of ketones is 1. The summed E-state index contributed by atoms with van der Waals surface area (Å²) >= 11 is 1.23. The number of thioether (sulfide) groups is 1. The van der Waals surface area contributed by atoms with E-state index in [0.29, 0.717) is 22.2 Å². The molecule has 0 bridgehead atoms. The van der Waals surface area contributed by atoms with Crippen molar-refractivity contribution in [1.29, 1.82) is 0 Å². The van der Waals surface area contributed by atoms with Gasteiger partial charge in [0.2, 0.25) is 10.0 Å². The number of carbonyl (C=O) groups excluding carboxylic acids is 1. The molecule has 3 rings (SSSR count). The van der Waals surface area contributed by atoms with Crippen LogP contribution in [-0.4, -0.2) is 41.0 Å². The van der Waals surface area contributed by atoms with Crippen LogP contribution in [0.3, 0.4) is 0 Å². The summed E-state index contributed by atoms with van der Waals surface area (Å²) < 4.78 is 40.4. The Labute approximate surface area is 172 Å². The summed E-state index contributed by atoms with van der Waals surface area (Å²) in [5, 5.41) is 8.63. The lowest BCUT2D eigenvalue weighted by molar-refractivity contribution is 0.102. The van der Waals surface area contributed by atoms with Crippen molar-refractivity contribution in [3.63, 3.8) is 0 Å². The van der Waals surface area contributed by atoms with E-state index in [1.807, 2.05) is 6.07 Å². The first-order valence-electron chi connectivity index (χ1n) is 8.58. The molecule has 0 aliphatic rings. The third-order valence-corrected chi connectivity index (χ3v) is 6.31. The van der Waals surface area contributed by atoms with Gasteiger partial charge in [0.15, 0.2) is 16.8 Å². The van der Waals surface area contributed by atoms with Crippen LogP contribution in [-0.2, 0) is 23.6 Å². The van der Waals surface area contributed by atoms with Crippen LogP contribution < -0.4 is 4.31 Å². The van der Waals surface area contributed by atoms with Crippen molar-refractivity contribution >= 4 is 33.3 Å². The second-order valence-electron chi connectivity index (χ2n) is 6.28. The Morgan fingerprint density at radius 3 is 2.38 bits per heavy atom. The van der Waals surface area contributed by atoms with Crippen molar-refractivity contribution < 1.29 is 17.6 Å². The van der Waals surface area contributed by atoms with Gasteiger partial charge in [-0.1, -0.05) is 42.1 Å². The molecule has 0 fully saturated rings. The maximum absolute atomic E-state index is 13.2. The van der Waals surface area contributed by atoms with E-state index in [1.54, 1.807) is 35.9 Å². The Balaban J connectivity index is 1.75. The largest absolute Gasteiger partial charge is 0.308 e. The molecule has 1 heterocycles. The second-order valence-corrected chi connectivity index (χ2v) is 9.13. The Morgan fingerprint density at radius 2 is 1.76 bits per heavy atom. The van der Waals surface area contributed by atoms with Gasteiger partial charge in [0.05, 0.1) is 24.2 Å². The van der Waals surface area contributed by atoms with Crippen LogP contribution in [0.2, 0.25) is 0 Å². The quantitative estimate of drug-likeness (QED) is 0.400. The summed E-state index contributed by atoms with van der Waals surface area (Å²) in [4.78, 5) is 12.3. The molecular weight excluding hydrogens is 415 g/mol. The van der Waals surface area contributed by atoms with E-state index < -0.39 is 15.8 Å². The molecule has 0 spiro atoms. The molecular formula is C19H19FN4O3S2. The van der Waals surface area contributed by atoms with Crippen molar-refractivity contribution in [3.05, 3.63) is 71.8 Å². The highest BCUT2D eigenvalue weighted by Gasteiger charge is 2.22. The Morgan fingerprint density at radius 1 is 1.10 bits per heavy atom. The molecule has 3 aromatic rings. The highest BCUT2D eigenvalue weighted by Crippen LogP contribution is 2.22. The van der Waals surface area contributed by atoms with Crippen molar-refractivity contribution in [1.82, 2.24) is 14.8 Å². The molecule has 0 N–H and O–H groups in total.